The van der Waals surface area contributed by atoms with Gasteiger partial charge in [-0.2, -0.15) is 0 Å². The molecule has 20 heavy (non-hydrogen) atoms. The lowest BCUT2D eigenvalue weighted by atomic mass is 10.1. The van der Waals surface area contributed by atoms with Gasteiger partial charge in [-0.25, -0.2) is 13.4 Å². The van der Waals surface area contributed by atoms with Gasteiger partial charge in [0, 0.05) is 31.4 Å². The predicted molar refractivity (Wildman–Crippen MR) is 78.4 cm³/mol. The van der Waals surface area contributed by atoms with Crippen LogP contribution in [0.25, 0.3) is 0 Å². The normalized spacial score (nSPS) is 13.3. The van der Waals surface area contributed by atoms with Crippen LogP contribution in [0.15, 0.2) is 46.7 Å². The Hall–Kier alpha value is -1.31. The molecule has 1 aromatic heterocycles. The molecule has 0 radical (unpaired) electrons. The van der Waals surface area contributed by atoms with Gasteiger partial charge in [0.1, 0.15) is 0 Å². The van der Waals surface area contributed by atoms with Crippen molar-refractivity contribution in [3.63, 3.8) is 0 Å². The lowest BCUT2D eigenvalue weighted by Gasteiger charge is -2.11. The van der Waals surface area contributed by atoms with E-state index in [9.17, 15) is 13.5 Å². The standard InChI is InChI=1S/C13H16N2O3S2/c1-15-8-7-14-13(15)19-9-12(16)10-3-5-11(6-4-10)20(2,17)18/h3-8,12,16H,9H2,1-2H3. The van der Waals surface area contributed by atoms with E-state index in [1.165, 1.54) is 23.9 Å². The Morgan fingerprint density at radius 1 is 1.35 bits per heavy atom. The first-order chi connectivity index (χ1) is 9.38. The summed E-state index contributed by atoms with van der Waals surface area (Å²) in [5.74, 6) is 0.461. The van der Waals surface area contributed by atoms with Crippen LogP contribution in [-0.2, 0) is 16.9 Å². The molecule has 0 fully saturated rings. The van der Waals surface area contributed by atoms with E-state index in [0.29, 0.717) is 11.3 Å². The predicted octanol–water partition coefficient (Wildman–Crippen LogP) is 1.65. The third-order valence-electron chi connectivity index (χ3n) is 2.84. The number of nitrogens with zero attached hydrogens (tertiary/aromatic N) is 2. The molecule has 1 N–H and O–H groups in total. The minimum Gasteiger partial charge on any atom is -0.388 e. The number of aliphatic hydroxyl groups excluding tert-OH is 1. The van der Waals surface area contributed by atoms with Crippen molar-refractivity contribution in [1.82, 2.24) is 9.55 Å². The lowest BCUT2D eigenvalue weighted by Crippen LogP contribution is -2.03. The second-order valence-electron chi connectivity index (χ2n) is 4.49. The maximum Gasteiger partial charge on any atom is 0.175 e. The summed E-state index contributed by atoms with van der Waals surface area (Å²) in [4.78, 5) is 4.42. The Morgan fingerprint density at radius 3 is 2.50 bits per heavy atom. The van der Waals surface area contributed by atoms with E-state index < -0.39 is 15.9 Å². The van der Waals surface area contributed by atoms with Crippen LogP contribution in [0.3, 0.4) is 0 Å². The molecule has 7 heteroatoms. The minimum atomic E-state index is -3.20. The average molecular weight is 312 g/mol. The number of thioether (sulfide) groups is 1. The summed E-state index contributed by atoms with van der Waals surface area (Å²) < 4.78 is 24.6. The van der Waals surface area contributed by atoms with Crippen molar-refractivity contribution in [2.24, 2.45) is 7.05 Å². The zero-order valence-electron chi connectivity index (χ0n) is 11.2. The van der Waals surface area contributed by atoms with Crippen LogP contribution in [0, 0.1) is 0 Å². The fourth-order valence-corrected chi connectivity index (χ4v) is 3.21. The molecule has 2 rings (SSSR count). The fraction of sp³-hybridized carbons (Fsp3) is 0.308. The minimum absolute atomic E-state index is 0.255. The summed E-state index contributed by atoms with van der Waals surface area (Å²) >= 11 is 1.45. The number of aromatic nitrogens is 2. The van der Waals surface area contributed by atoms with Crippen molar-refractivity contribution in [2.75, 3.05) is 12.0 Å². The monoisotopic (exact) mass is 312 g/mol. The number of benzene rings is 1. The Labute approximate surface area is 122 Å². The SMILES string of the molecule is Cn1ccnc1SCC(O)c1ccc(S(C)(=O)=O)cc1. The van der Waals surface area contributed by atoms with E-state index >= 15 is 0 Å². The quantitative estimate of drug-likeness (QED) is 0.850. The van der Waals surface area contributed by atoms with Crippen molar-refractivity contribution in [2.45, 2.75) is 16.2 Å². The van der Waals surface area contributed by atoms with Gasteiger partial charge in [0.05, 0.1) is 11.0 Å². The van der Waals surface area contributed by atoms with Crippen LogP contribution in [0.1, 0.15) is 11.7 Å². The van der Waals surface area contributed by atoms with Crippen LogP contribution in [0.4, 0.5) is 0 Å². The number of rotatable bonds is 5. The first-order valence-corrected chi connectivity index (χ1v) is 8.84. The summed E-state index contributed by atoms with van der Waals surface area (Å²) in [6, 6.07) is 6.30. The summed E-state index contributed by atoms with van der Waals surface area (Å²) in [5.41, 5.74) is 0.694. The maximum absolute atomic E-state index is 11.4. The second-order valence-corrected chi connectivity index (χ2v) is 7.49. The van der Waals surface area contributed by atoms with E-state index in [1.54, 1.807) is 18.3 Å². The molecule has 1 heterocycles. The zero-order valence-corrected chi connectivity index (χ0v) is 12.9. The highest BCUT2D eigenvalue weighted by atomic mass is 32.2. The smallest absolute Gasteiger partial charge is 0.175 e. The molecule has 0 aliphatic rings. The number of aryl methyl sites for hydroxylation is 1. The Bertz CT molecular complexity index is 678. The Balaban J connectivity index is 2.03. The van der Waals surface area contributed by atoms with Gasteiger partial charge in [-0.3, -0.25) is 0 Å². The topological polar surface area (TPSA) is 72.2 Å². The Kier molecular flexibility index (Phi) is 4.52. The summed E-state index contributed by atoms with van der Waals surface area (Å²) in [6.45, 7) is 0. The third kappa shape index (κ3) is 3.62. The highest BCUT2D eigenvalue weighted by Gasteiger charge is 2.12. The molecule has 0 bridgehead atoms. The van der Waals surface area contributed by atoms with Gasteiger partial charge in [-0.05, 0) is 17.7 Å². The van der Waals surface area contributed by atoms with Crippen LogP contribution >= 0.6 is 11.8 Å². The molecule has 0 saturated carbocycles. The first-order valence-electron chi connectivity index (χ1n) is 5.96. The van der Waals surface area contributed by atoms with Crippen molar-refractivity contribution in [1.29, 1.82) is 0 Å². The van der Waals surface area contributed by atoms with Crippen LogP contribution in [0.2, 0.25) is 0 Å². The van der Waals surface area contributed by atoms with Crippen molar-refractivity contribution >= 4 is 21.6 Å². The number of hydrogen-bond acceptors (Lipinski definition) is 5. The second kappa shape index (κ2) is 5.99. The highest BCUT2D eigenvalue weighted by molar-refractivity contribution is 7.99. The summed E-state index contributed by atoms with van der Waals surface area (Å²) in [6.07, 6.45) is 4.05. The van der Waals surface area contributed by atoms with E-state index in [-0.39, 0.29) is 4.90 Å². The third-order valence-corrected chi connectivity index (χ3v) is 5.10. The van der Waals surface area contributed by atoms with Gasteiger partial charge in [0.15, 0.2) is 15.0 Å². The fourth-order valence-electron chi connectivity index (χ4n) is 1.68. The van der Waals surface area contributed by atoms with Gasteiger partial charge in [0.25, 0.3) is 0 Å². The molecule has 0 amide bonds. The molecule has 5 nitrogen and oxygen atoms in total. The molecular weight excluding hydrogens is 296 g/mol. The maximum atomic E-state index is 11.4. The van der Waals surface area contributed by atoms with Gasteiger partial charge in [-0.15, -0.1) is 0 Å². The molecule has 0 aliphatic heterocycles. The van der Waals surface area contributed by atoms with E-state index in [0.717, 1.165) is 11.4 Å². The molecule has 0 aliphatic carbocycles. The zero-order chi connectivity index (χ0) is 14.8. The first kappa shape index (κ1) is 15.1. The summed E-state index contributed by atoms with van der Waals surface area (Å²) in [5, 5.41) is 10.9. The van der Waals surface area contributed by atoms with Gasteiger partial charge >= 0.3 is 0 Å². The number of imidazole rings is 1. The van der Waals surface area contributed by atoms with Crippen LogP contribution < -0.4 is 0 Å². The van der Waals surface area contributed by atoms with Crippen LogP contribution in [-0.4, -0.2) is 35.1 Å². The van der Waals surface area contributed by atoms with E-state index in [2.05, 4.69) is 4.98 Å². The number of hydrogen-bond donors (Lipinski definition) is 1. The van der Waals surface area contributed by atoms with E-state index in [1.807, 2.05) is 17.8 Å². The average Bonchev–Trinajstić information content (AvgIpc) is 2.81. The van der Waals surface area contributed by atoms with Gasteiger partial charge < -0.3 is 9.67 Å². The summed E-state index contributed by atoms with van der Waals surface area (Å²) in [7, 11) is -1.31. The largest absolute Gasteiger partial charge is 0.388 e. The van der Waals surface area contributed by atoms with Crippen molar-refractivity contribution < 1.29 is 13.5 Å². The van der Waals surface area contributed by atoms with Crippen molar-refractivity contribution in [3.05, 3.63) is 42.2 Å². The highest BCUT2D eigenvalue weighted by Crippen LogP contribution is 2.24. The number of sulfone groups is 1. The number of aliphatic hydroxyl groups is 1. The lowest BCUT2D eigenvalue weighted by molar-refractivity contribution is 0.204. The molecule has 1 unspecified atom stereocenters. The molecule has 1 atom stereocenters. The molecule has 108 valence electrons. The molecule has 2 aromatic rings. The Morgan fingerprint density at radius 2 is 2.00 bits per heavy atom. The van der Waals surface area contributed by atoms with Crippen LogP contribution in [0.5, 0.6) is 0 Å². The molecule has 1 aromatic carbocycles. The molecule has 0 saturated heterocycles. The molecular formula is C13H16N2O3S2. The molecule has 0 spiro atoms. The van der Waals surface area contributed by atoms with Gasteiger partial charge in [0.2, 0.25) is 0 Å². The van der Waals surface area contributed by atoms with Gasteiger partial charge in [-0.1, -0.05) is 23.9 Å². The van der Waals surface area contributed by atoms with E-state index in [4.69, 9.17) is 0 Å². The van der Waals surface area contributed by atoms with Crippen molar-refractivity contribution in [3.8, 4) is 0 Å².